The fourth-order valence-corrected chi connectivity index (χ4v) is 2.36. The van der Waals surface area contributed by atoms with E-state index >= 15 is 0 Å². The molecule has 0 aliphatic rings. The highest BCUT2D eigenvalue weighted by atomic mass is 16.3. The molecule has 2 rings (SSSR count). The Hall–Kier alpha value is -1.62. The van der Waals surface area contributed by atoms with Crippen molar-refractivity contribution in [1.29, 1.82) is 0 Å². The maximum Gasteiger partial charge on any atom is 0.138 e. The minimum atomic E-state index is 0.199. The Morgan fingerprint density at radius 1 is 1.33 bits per heavy atom. The second-order valence-corrected chi connectivity index (χ2v) is 4.60. The second kappa shape index (κ2) is 4.94. The van der Waals surface area contributed by atoms with Gasteiger partial charge in [-0.3, -0.25) is 4.68 Å². The molecule has 5 heteroatoms. The molecule has 0 spiro atoms. The number of aryl methyl sites for hydroxylation is 3. The SMILES string of the molecule is CNC(Cc1ncnn1C)c1c(C)oc(C)c1C. The summed E-state index contributed by atoms with van der Waals surface area (Å²) in [7, 11) is 3.87. The average molecular weight is 248 g/mol. The minimum absolute atomic E-state index is 0.199. The fraction of sp³-hybridized carbons (Fsp3) is 0.538. The first-order valence-corrected chi connectivity index (χ1v) is 6.11. The van der Waals surface area contributed by atoms with Crippen molar-refractivity contribution in [3.63, 3.8) is 0 Å². The van der Waals surface area contributed by atoms with E-state index in [0.717, 1.165) is 23.8 Å². The molecule has 0 bridgehead atoms. The summed E-state index contributed by atoms with van der Waals surface area (Å²) in [6.07, 6.45) is 2.38. The van der Waals surface area contributed by atoms with E-state index in [-0.39, 0.29) is 6.04 Å². The van der Waals surface area contributed by atoms with Crippen molar-refractivity contribution in [1.82, 2.24) is 20.1 Å². The normalized spacial score (nSPS) is 12.9. The Morgan fingerprint density at radius 3 is 2.50 bits per heavy atom. The van der Waals surface area contributed by atoms with Gasteiger partial charge in [0.25, 0.3) is 0 Å². The summed E-state index contributed by atoms with van der Waals surface area (Å²) < 4.78 is 7.50. The topological polar surface area (TPSA) is 55.9 Å². The number of furan rings is 1. The summed E-state index contributed by atoms with van der Waals surface area (Å²) in [5, 5.41) is 7.44. The molecule has 2 heterocycles. The molecule has 0 aromatic carbocycles. The Labute approximate surface area is 107 Å². The molecule has 0 fully saturated rings. The van der Waals surface area contributed by atoms with E-state index in [9.17, 15) is 0 Å². The van der Waals surface area contributed by atoms with Crippen LogP contribution >= 0.6 is 0 Å². The van der Waals surface area contributed by atoms with Crippen LogP contribution in [0.1, 0.15) is 34.5 Å². The van der Waals surface area contributed by atoms with Crippen LogP contribution in [0.3, 0.4) is 0 Å². The third kappa shape index (κ3) is 2.18. The van der Waals surface area contributed by atoms with Gasteiger partial charge in [0.15, 0.2) is 0 Å². The van der Waals surface area contributed by atoms with E-state index in [0.29, 0.717) is 0 Å². The molecule has 1 N–H and O–H groups in total. The average Bonchev–Trinajstić information content (AvgIpc) is 2.83. The van der Waals surface area contributed by atoms with Gasteiger partial charge in [0.1, 0.15) is 23.7 Å². The molecule has 0 aliphatic carbocycles. The largest absolute Gasteiger partial charge is 0.466 e. The molecular weight excluding hydrogens is 228 g/mol. The molecular formula is C13H20N4O. The van der Waals surface area contributed by atoms with Crippen molar-refractivity contribution in [2.75, 3.05) is 7.05 Å². The molecule has 2 aromatic heterocycles. The number of hydrogen-bond donors (Lipinski definition) is 1. The molecule has 0 amide bonds. The fourth-order valence-electron chi connectivity index (χ4n) is 2.36. The molecule has 0 saturated heterocycles. The number of nitrogens with one attached hydrogen (secondary N) is 1. The first-order valence-electron chi connectivity index (χ1n) is 6.11. The smallest absolute Gasteiger partial charge is 0.138 e. The lowest BCUT2D eigenvalue weighted by Gasteiger charge is -2.16. The lowest BCUT2D eigenvalue weighted by molar-refractivity contribution is 0.486. The van der Waals surface area contributed by atoms with Crippen LogP contribution in [0.4, 0.5) is 0 Å². The van der Waals surface area contributed by atoms with Gasteiger partial charge in [0.05, 0.1) is 0 Å². The first kappa shape index (κ1) is 12.8. The number of likely N-dealkylation sites (N-methyl/N-ethyl adjacent to an activating group) is 1. The van der Waals surface area contributed by atoms with E-state index < -0.39 is 0 Å². The van der Waals surface area contributed by atoms with Crippen molar-refractivity contribution >= 4 is 0 Å². The van der Waals surface area contributed by atoms with Crippen LogP contribution in [0.25, 0.3) is 0 Å². The Balaban J connectivity index is 2.31. The highest BCUT2D eigenvalue weighted by molar-refractivity contribution is 5.34. The third-order valence-electron chi connectivity index (χ3n) is 3.51. The van der Waals surface area contributed by atoms with Crippen LogP contribution < -0.4 is 5.32 Å². The summed E-state index contributed by atoms with van der Waals surface area (Å²) >= 11 is 0. The van der Waals surface area contributed by atoms with E-state index in [1.165, 1.54) is 11.1 Å². The van der Waals surface area contributed by atoms with Gasteiger partial charge >= 0.3 is 0 Å². The quantitative estimate of drug-likeness (QED) is 0.897. The maximum atomic E-state index is 5.69. The highest BCUT2D eigenvalue weighted by Crippen LogP contribution is 2.28. The number of aromatic nitrogens is 3. The zero-order valence-corrected chi connectivity index (χ0v) is 11.6. The van der Waals surface area contributed by atoms with Gasteiger partial charge in [-0.05, 0) is 33.4 Å². The summed E-state index contributed by atoms with van der Waals surface area (Å²) in [5.74, 6) is 2.93. The van der Waals surface area contributed by atoms with Crippen LogP contribution in [0, 0.1) is 20.8 Å². The van der Waals surface area contributed by atoms with Gasteiger partial charge in [0.2, 0.25) is 0 Å². The van der Waals surface area contributed by atoms with Gasteiger partial charge in [0, 0.05) is 25.1 Å². The van der Waals surface area contributed by atoms with E-state index in [2.05, 4.69) is 22.3 Å². The summed E-state index contributed by atoms with van der Waals surface area (Å²) in [6.45, 7) is 6.11. The summed E-state index contributed by atoms with van der Waals surface area (Å²) in [6, 6.07) is 0.199. The second-order valence-electron chi connectivity index (χ2n) is 4.60. The molecule has 1 atom stereocenters. The molecule has 98 valence electrons. The maximum absolute atomic E-state index is 5.69. The van der Waals surface area contributed by atoms with Gasteiger partial charge in [-0.1, -0.05) is 0 Å². The first-order chi connectivity index (χ1) is 8.54. The van der Waals surface area contributed by atoms with Gasteiger partial charge in [-0.15, -0.1) is 0 Å². The van der Waals surface area contributed by atoms with Crippen LogP contribution in [-0.4, -0.2) is 21.8 Å². The number of hydrogen-bond acceptors (Lipinski definition) is 4. The van der Waals surface area contributed by atoms with Crippen LogP contribution in [0.2, 0.25) is 0 Å². The molecule has 1 unspecified atom stereocenters. The lowest BCUT2D eigenvalue weighted by Crippen LogP contribution is -2.21. The predicted molar refractivity (Wildman–Crippen MR) is 69.4 cm³/mol. The Kier molecular flexibility index (Phi) is 3.52. The van der Waals surface area contributed by atoms with Crippen molar-refractivity contribution in [2.24, 2.45) is 7.05 Å². The van der Waals surface area contributed by atoms with Crippen molar-refractivity contribution in [3.05, 3.63) is 34.8 Å². The molecule has 0 aliphatic heterocycles. The van der Waals surface area contributed by atoms with Crippen LogP contribution in [-0.2, 0) is 13.5 Å². The van der Waals surface area contributed by atoms with Crippen molar-refractivity contribution < 1.29 is 4.42 Å². The standard InChI is InChI=1S/C13H20N4O/c1-8-9(2)18-10(3)13(8)11(14-4)6-12-15-7-16-17(12)5/h7,11,14H,6H2,1-5H3. The van der Waals surface area contributed by atoms with E-state index in [4.69, 9.17) is 4.42 Å². The molecule has 5 nitrogen and oxygen atoms in total. The molecule has 0 saturated carbocycles. The minimum Gasteiger partial charge on any atom is -0.466 e. The van der Waals surface area contributed by atoms with E-state index in [1.54, 1.807) is 6.33 Å². The van der Waals surface area contributed by atoms with Gasteiger partial charge in [-0.25, -0.2) is 4.98 Å². The number of rotatable bonds is 4. The summed E-state index contributed by atoms with van der Waals surface area (Å²) in [4.78, 5) is 4.28. The highest BCUT2D eigenvalue weighted by Gasteiger charge is 2.21. The predicted octanol–water partition coefficient (Wildman–Crippen LogP) is 1.84. The Morgan fingerprint density at radius 2 is 2.06 bits per heavy atom. The van der Waals surface area contributed by atoms with Gasteiger partial charge < -0.3 is 9.73 Å². The molecule has 0 radical (unpaired) electrons. The zero-order chi connectivity index (χ0) is 13.3. The lowest BCUT2D eigenvalue weighted by atomic mass is 9.99. The number of nitrogens with zero attached hydrogens (tertiary/aromatic N) is 3. The molecule has 2 aromatic rings. The van der Waals surface area contributed by atoms with Crippen LogP contribution in [0.5, 0.6) is 0 Å². The molecule has 18 heavy (non-hydrogen) atoms. The van der Waals surface area contributed by atoms with Crippen molar-refractivity contribution in [3.8, 4) is 0 Å². The van der Waals surface area contributed by atoms with Crippen molar-refractivity contribution in [2.45, 2.75) is 33.2 Å². The van der Waals surface area contributed by atoms with Gasteiger partial charge in [-0.2, -0.15) is 5.10 Å². The Bertz CT molecular complexity index is 541. The van der Waals surface area contributed by atoms with E-state index in [1.807, 2.05) is 32.6 Å². The third-order valence-corrected chi connectivity index (χ3v) is 3.51. The monoisotopic (exact) mass is 248 g/mol. The zero-order valence-electron chi connectivity index (χ0n) is 11.6. The van der Waals surface area contributed by atoms with Crippen LogP contribution in [0.15, 0.2) is 10.7 Å². The summed E-state index contributed by atoms with van der Waals surface area (Å²) in [5.41, 5.74) is 2.45.